The van der Waals surface area contributed by atoms with Gasteiger partial charge in [-0.2, -0.15) is 0 Å². The van der Waals surface area contributed by atoms with Crippen molar-refractivity contribution >= 4 is 11.4 Å². The molecule has 0 saturated heterocycles. The molecule has 19 heavy (non-hydrogen) atoms. The maximum absolute atomic E-state index is 11.0. The van der Waals surface area contributed by atoms with Crippen molar-refractivity contribution in [2.45, 2.75) is 6.42 Å². The highest BCUT2D eigenvalue weighted by atomic mass is 16.6. The fourth-order valence-electron chi connectivity index (χ4n) is 1.86. The summed E-state index contributed by atoms with van der Waals surface area (Å²) < 4.78 is 0. The molecule has 94 valence electrons. The Hall–Kier alpha value is -2.85. The molecule has 0 bridgehead atoms. The van der Waals surface area contributed by atoms with E-state index < -0.39 is 4.92 Å². The molecule has 6 heteroatoms. The quantitative estimate of drug-likeness (QED) is 0.270. The summed E-state index contributed by atoms with van der Waals surface area (Å²) in [5.74, 6) is 0. The fourth-order valence-corrected chi connectivity index (χ4v) is 1.86. The lowest BCUT2D eigenvalue weighted by Crippen LogP contribution is -1.97. The molecule has 2 aromatic rings. The Kier molecular flexibility index (Phi) is 3.75. The van der Waals surface area contributed by atoms with Gasteiger partial charge in [-0.3, -0.25) is 10.1 Å². The molecule has 0 unspecified atom stereocenters. The monoisotopic (exact) mass is 254 g/mol. The summed E-state index contributed by atoms with van der Waals surface area (Å²) in [5, 5.41) is 14.6. The first-order valence-electron chi connectivity index (χ1n) is 5.57. The van der Waals surface area contributed by atoms with Crippen molar-refractivity contribution in [2.75, 3.05) is 0 Å². The van der Waals surface area contributed by atoms with Gasteiger partial charge in [-0.05, 0) is 11.1 Å². The third-order valence-corrected chi connectivity index (χ3v) is 2.70. The second kappa shape index (κ2) is 5.66. The summed E-state index contributed by atoms with van der Waals surface area (Å²) in [6, 6.07) is 13.8. The fraction of sp³-hybridized carbons (Fsp3) is 0.0769. The van der Waals surface area contributed by atoms with Crippen molar-refractivity contribution in [2.24, 2.45) is 5.11 Å². The molecule has 2 rings (SSSR count). The van der Waals surface area contributed by atoms with Gasteiger partial charge >= 0.3 is 0 Å². The summed E-state index contributed by atoms with van der Waals surface area (Å²) >= 11 is 0. The predicted octanol–water partition coefficient (Wildman–Crippen LogP) is 4.13. The summed E-state index contributed by atoms with van der Waals surface area (Å²) in [5.41, 5.74) is 10.1. The molecule has 0 aliphatic rings. The molecular formula is C13H10N4O2. The maximum Gasteiger partial charge on any atom is 0.273 e. The number of nitro benzene ring substituents is 1. The zero-order chi connectivity index (χ0) is 13.7. The van der Waals surface area contributed by atoms with E-state index in [1.807, 2.05) is 30.3 Å². The third-order valence-electron chi connectivity index (χ3n) is 2.70. The van der Waals surface area contributed by atoms with Crippen LogP contribution in [0, 0.1) is 10.1 Å². The molecule has 0 fully saturated rings. The predicted molar refractivity (Wildman–Crippen MR) is 71.2 cm³/mol. The van der Waals surface area contributed by atoms with Crippen LogP contribution in [0.2, 0.25) is 0 Å². The molecule has 0 N–H and O–H groups in total. The highest BCUT2D eigenvalue weighted by molar-refractivity contribution is 5.58. The van der Waals surface area contributed by atoms with Gasteiger partial charge in [-0.1, -0.05) is 47.6 Å². The van der Waals surface area contributed by atoms with E-state index in [2.05, 4.69) is 10.0 Å². The second-order valence-corrected chi connectivity index (χ2v) is 3.88. The van der Waals surface area contributed by atoms with Crippen LogP contribution in [0.4, 0.5) is 11.4 Å². The standard InChI is InChI=1S/C13H10N4O2/c14-16-15-12-7-4-8-13(17(18)19)11(12)9-10-5-2-1-3-6-10/h1-8H,9H2. The van der Waals surface area contributed by atoms with E-state index in [4.69, 9.17) is 5.53 Å². The minimum absolute atomic E-state index is 0.0336. The van der Waals surface area contributed by atoms with Gasteiger partial charge in [0.25, 0.3) is 5.69 Å². The zero-order valence-electron chi connectivity index (χ0n) is 9.93. The van der Waals surface area contributed by atoms with Gasteiger partial charge in [0.1, 0.15) is 0 Å². The molecule has 0 spiro atoms. The van der Waals surface area contributed by atoms with Crippen LogP contribution in [-0.2, 0) is 6.42 Å². The van der Waals surface area contributed by atoms with Gasteiger partial charge in [0.05, 0.1) is 4.92 Å². The molecule has 0 amide bonds. The molecule has 0 heterocycles. The van der Waals surface area contributed by atoms with E-state index >= 15 is 0 Å². The maximum atomic E-state index is 11.0. The summed E-state index contributed by atoms with van der Waals surface area (Å²) in [6.07, 6.45) is 0.354. The topological polar surface area (TPSA) is 91.9 Å². The lowest BCUT2D eigenvalue weighted by molar-refractivity contribution is -0.385. The minimum Gasteiger partial charge on any atom is -0.258 e. The molecule has 0 radical (unpaired) electrons. The average molecular weight is 254 g/mol. The molecule has 0 aliphatic heterocycles. The number of azide groups is 1. The van der Waals surface area contributed by atoms with Gasteiger partial charge in [0.2, 0.25) is 0 Å². The van der Waals surface area contributed by atoms with Crippen molar-refractivity contribution in [3.8, 4) is 0 Å². The van der Waals surface area contributed by atoms with E-state index in [1.54, 1.807) is 6.07 Å². The molecule has 0 saturated carbocycles. The van der Waals surface area contributed by atoms with E-state index in [-0.39, 0.29) is 5.69 Å². The first kappa shape index (κ1) is 12.6. The summed E-state index contributed by atoms with van der Waals surface area (Å²) in [7, 11) is 0. The van der Waals surface area contributed by atoms with Crippen LogP contribution >= 0.6 is 0 Å². The summed E-state index contributed by atoms with van der Waals surface area (Å²) in [4.78, 5) is 13.3. The lowest BCUT2D eigenvalue weighted by Gasteiger charge is -2.06. The number of nitro groups is 1. The Morgan fingerprint density at radius 1 is 1.16 bits per heavy atom. The number of benzene rings is 2. The molecule has 0 aliphatic carbocycles. The SMILES string of the molecule is [N-]=[N+]=Nc1cccc([N+](=O)[O-])c1Cc1ccccc1. The van der Waals surface area contributed by atoms with E-state index in [9.17, 15) is 10.1 Å². The van der Waals surface area contributed by atoms with Crippen LogP contribution in [-0.4, -0.2) is 4.92 Å². The van der Waals surface area contributed by atoms with E-state index in [0.29, 0.717) is 17.7 Å². The first-order valence-corrected chi connectivity index (χ1v) is 5.57. The normalized spacial score (nSPS) is 9.68. The van der Waals surface area contributed by atoms with Crippen LogP contribution in [0.3, 0.4) is 0 Å². The van der Waals surface area contributed by atoms with Crippen LogP contribution in [0.15, 0.2) is 53.6 Å². The minimum atomic E-state index is -0.464. The molecule has 0 aromatic heterocycles. The van der Waals surface area contributed by atoms with Crippen molar-refractivity contribution in [3.05, 3.63) is 80.2 Å². The zero-order valence-corrected chi connectivity index (χ0v) is 9.93. The van der Waals surface area contributed by atoms with Gasteiger partial charge in [0, 0.05) is 28.6 Å². The van der Waals surface area contributed by atoms with Gasteiger partial charge < -0.3 is 0 Å². The molecule has 0 atom stereocenters. The highest BCUT2D eigenvalue weighted by Gasteiger charge is 2.16. The van der Waals surface area contributed by atoms with Gasteiger partial charge in [-0.15, -0.1) is 0 Å². The highest BCUT2D eigenvalue weighted by Crippen LogP contribution is 2.30. The van der Waals surface area contributed by atoms with Crippen molar-refractivity contribution in [1.29, 1.82) is 0 Å². The Morgan fingerprint density at radius 2 is 1.89 bits per heavy atom. The van der Waals surface area contributed by atoms with Crippen LogP contribution in [0.5, 0.6) is 0 Å². The Labute approximate surface area is 109 Å². The number of hydrogen-bond acceptors (Lipinski definition) is 3. The Morgan fingerprint density at radius 3 is 2.53 bits per heavy atom. The van der Waals surface area contributed by atoms with Crippen LogP contribution in [0.1, 0.15) is 11.1 Å². The van der Waals surface area contributed by atoms with Crippen molar-refractivity contribution in [1.82, 2.24) is 0 Å². The largest absolute Gasteiger partial charge is 0.273 e. The third kappa shape index (κ3) is 2.88. The molecular weight excluding hydrogens is 244 g/mol. The Balaban J connectivity index is 2.52. The van der Waals surface area contributed by atoms with Crippen molar-refractivity contribution < 1.29 is 4.92 Å². The average Bonchev–Trinajstić information content (AvgIpc) is 2.42. The molecule has 2 aromatic carbocycles. The van der Waals surface area contributed by atoms with Gasteiger partial charge in [-0.25, -0.2) is 0 Å². The van der Waals surface area contributed by atoms with Crippen molar-refractivity contribution in [3.63, 3.8) is 0 Å². The molecule has 6 nitrogen and oxygen atoms in total. The lowest BCUT2D eigenvalue weighted by atomic mass is 10.0. The van der Waals surface area contributed by atoms with E-state index in [0.717, 1.165) is 5.56 Å². The first-order chi connectivity index (χ1) is 9.22. The second-order valence-electron chi connectivity index (χ2n) is 3.88. The number of rotatable bonds is 4. The summed E-state index contributed by atoms with van der Waals surface area (Å²) in [6.45, 7) is 0. The Bertz CT molecular complexity index is 629. The number of nitrogens with zero attached hydrogens (tertiary/aromatic N) is 4. The van der Waals surface area contributed by atoms with Crippen LogP contribution in [0.25, 0.3) is 10.4 Å². The number of hydrogen-bond donors (Lipinski definition) is 0. The van der Waals surface area contributed by atoms with Crippen LogP contribution < -0.4 is 0 Å². The smallest absolute Gasteiger partial charge is 0.258 e. The van der Waals surface area contributed by atoms with E-state index in [1.165, 1.54) is 12.1 Å². The van der Waals surface area contributed by atoms with Gasteiger partial charge in [0.15, 0.2) is 0 Å².